The summed E-state index contributed by atoms with van der Waals surface area (Å²) < 4.78 is 23.1. The van der Waals surface area contributed by atoms with Crippen LogP contribution in [-0.2, 0) is 16.4 Å². The minimum atomic E-state index is -3.04. The van der Waals surface area contributed by atoms with Crippen LogP contribution in [0.15, 0.2) is 30.3 Å². The van der Waals surface area contributed by atoms with Gasteiger partial charge in [-0.15, -0.1) is 0 Å². The molecule has 1 aliphatic rings. The van der Waals surface area contributed by atoms with Crippen molar-refractivity contribution in [2.24, 2.45) is 0 Å². The predicted octanol–water partition coefficient (Wildman–Crippen LogP) is 1.62. The van der Waals surface area contributed by atoms with Crippen molar-refractivity contribution in [3.05, 3.63) is 52.8 Å². The summed E-state index contributed by atoms with van der Waals surface area (Å²) in [6, 6.07) is 9.24. The predicted molar refractivity (Wildman–Crippen MR) is 99.8 cm³/mol. The molecule has 0 spiro atoms. The minimum absolute atomic E-state index is 0.0127. The van der Waals surface area contributed by atoms with E-state index < -0.39 is 9.84 Å². The van der Waals surface area contributed by atoms with E-state index in [1.807, 2.05) is 31.2 Å². The number of nitrogens with one attached hydrogen (secondary N) is 2. The molecule has 1 unspecified atom stereocenters. The fourth-order valence-corrected chi connectivity index (χ4v) is 4.59. The highest BCUT2D eigenvalue weighted by molar-refractivity contribution is 7.91. The molecule has 0 aliphatic carbocycles. The molecule has 1 atom stereocenters. The molecule has 1 aromatic carbocycles. The number of amides is 1. The molecule has 0 saturated carbocycles. The maximum absolute atomic E-state index is 12.4. The topological polar surface area (TPSA) is 101 Å². The lowest BCUT2D eigenvalue weighted by atomic mass is 10.1. The standard InChI is InChI=1S/C18H22N4O3S/c1-12-5-3-4-6-14(12)10-19-18-20-13(2)9-16(22-18)17(23)21-15-7-8-26(24,25)11-15/h3-6,9,15H,7-8,10-11H2,1-2H3,(H,21,23)(H,19,20,22). The molecular formula is C18H22N4O3S. The van der Waals surface area contributed by atoms with Gasteiger partial charge < -0.3 is 10.6 Å². The monoisotopic (exact) mass is 374 g/mol. The first kappa shape index (κ1) is 18.3. The van der Waals surface area contributed by atoms with Gasteiger partial charge in [-0.25, -0.2) is 18.4 Å². The largest absolute Gasteiger partial charge is 0.350 e. The molecule has 1 fully saturated rings. The Morgan fingerprint density at radius 2 is 2.00 bits per heavy atom. The van der Waals surface area contributed by atoms with Crippen LogP contribution in [0.1, 0.15) is 33.7 Å². The third kappa shape index (κ3) is 4.57. The number of aromatic nitrogens is 2. The van der Waals surface area contributed by atoms with Crippen molar-refractivity contribution in [1.29, 1.82) is 0 Å². The quantitative estimate of drug-likeness (QED) is 0.825. The normalized spacial score (nSPS) is 18.5. The summed E-state index contributed by atoms with van der Waals surface area (Å²) in [6.07, 6.45) is 0.441. The van der Waals surface area contributed by atoms with Gasteiger partial charge in [0.25, 0.3) is 5.91 Å². The third-order valence-electron chi connectivity index (χ3n) is 4.35. The summed E-state index contributed by atoms with van der Waals surface area (Å²) in [5.74, 6) is 0.0968. The first-order chi connectivity index (χ1) is 12.3. The van der Waals surface area contributed by atoms with Gasteiger partial charge >= 0.3 is 0 Å². The second-order valence-electron chi connectivity index (χ2n) is 6.57. The number of aryl methyl sites for hydroxylation is 2. The fourth-order valence-electron chi connectivity index (χ4n) is 2.91. The van der Waals surface area contributed by atoms with Crippen LogP contribution in [0.25, 0.3) is 0 Å². The number of sulfone groups is 1. The molecular weight excluding hydrogens is 352 g/mol. The van der Waals surface area contributed by atoms with Crippen LogP contribution >= 0.6 is 0 Å². The molecule has 2 aromatic rings. The Morgan fingerprint density at radius 1 is 1.23 bits per heavy atom. The molecule has 2 heterocycles. The first-order valence-electron chi connectivity index (χ1n) is 8.48. The Hall–Kier alpha value is -2.48. The zero-order chi connectivity index (χ0) is 18.7. The van der Waals surface area contributed by atoms with Crippen molar-refractivity contribution < 1.29 is 13.2 Å². The molecule has 138 valence electrons. The van der Waals surface area contributed by atoms with Crippen LogP contribution in [0.4, 0.5) is 5.95 Å². The van der Waals surface area contributed by atoms with Gasteiger partial charge in [0.15, 0.2) is 9.84 Å². The summed E-state index contributed by atoms with van der Waals surface area (Å²) in [5, 5.41) is 5.90. The SMILES string of the molecule is Cc1cc(C(=O)NC2CCS(=O)(=O)C2)nc(NCc2ccccc2C)n1. The van der Waals surface area contributed by atoms with E-state index in [0.29, 0.717) is 24.6 Å². The lowest BCUT2D eigenvalue weighted by Gasteiger charge is -2.12. The smallest absolute Gasteiger partial charge is 0.270 e. The minimum Gasteiger partial charge on any atom is -0.350 e. The van der Waals surface area contributed by atoms with Gasteiger partial charge in [-0.3, -0.25) is 4.79 Å². The van der Waals surface area contributed by atoms with Gasteiger partial charge in [0, 0.05) is 18.3 Å². The maximum atomic E-state index is 12.4. The van der Waals surface area contributed by atoms with Gasteiger partial charge in [-0.05, 0) is 37.5 Å². The van der Waals surface area contributed by atoms with Crippen LogP contribution < -0.4 is 10.6 Å². The van der Waals surface area contributed by atoms with E-state index in [0.717, 1.165) is 11.1 Å². The van der Waals surface area contributed by atoms with Crippen LogP contribution in [0, 0.1) is 13.8 Å². The molecule has 7 nitrogen and oxygen atoms in total. The van der Waals surface area contributed by atoms with Crippen molar-refractivity contribution >= 4 is 21.7 Å². The molecule has 0 bridgehead atoms. The zero-order valence-electron chi connectivity index (χ0n) is 14.8. The van der Waals surface area contributed by atoms with Gasteiger partial charge in [-0.2, -0.15) is 0 Å². The van der Waals surface area contributed by atoms with E-state index in [1.165, 1.54) is 0 Å². The highest BCUT2D eigenvalue weighted by Crippen LogP contribution is 2.13. The first-order valence-corrected chi connectivity index (χ1v) is 10.3. The number of benzene rings is 1. The molecule has 26 heavy (non-hydrogen) atoms. The number of hydrogen-bond donors (Lipinski definition) is 2. The average Bonchev–Trinajstić information content (AvgIpc) is 2.92. The summed E-state index contributed by atoms with van der Waals surface area (Å²) in [5.41, 5.74) is 3.18. The molecule has 1 saturated heterocycles. The van der Waals surface area contributed by atoms with E-state index >= 15 is 0 Å². The summed E-state index contributed by atoms with van der Waals surface area (Å²) in [6.45, 7) is 4.37. The number of hydrogen-bond acceptors (Lipinski definition) is 6. The van der Waals surface area contributed by atoms with Gasteiger partial charge in [0.05, 0.1) is 11.5 Å². The second-order valence-corrected chi connectivity index (χ2v) is 8.80. The highest BCUT2D eigenvalue weighted by atomic mass is 32.2. The summed E-state index contributed by atoms with van der Waals surface area (Å²) >= 11 is 0. The Morgan fingerprint density at radius 3 is 2.69 bits per heavy atom. The highest BCUT2D eigenvalue weighted by Gasteiger charge is 2.29. The Labute approximate surface area is 153 Å². The van der Waals surface area contributed by atoms with Crippen LogP contribution in [0.2, 0.25) is 0 Å². The molecule has 3 rings (SSSR count). The van der Waals surface area contributed by atoms with Crippen molar-refractivity contribution in [2.75, 3.05) is 16.8 Å². The van der Waals surface area contributed by atoms with Gasteiger partial charge in [-0.1, -0.05) is 24.3 Å². The lowest BCUT2D eigenvalue weighted by Crippen LogP contribution is -2.36. The number of anilines is 1. The number of carbonyl (C=O) groups is 1. The third-order valence-corrected chi connectivity index (χ3v) is 6.12. The Balaban J connectivity index is 1.69. The van der Waals surface area contributed by atoms with E-state index in [1.54, 1.807) is 13.0 Å². The molecule has 2 N–H and O–H groups in total. The molecule has 0 radical (unpaired) electrons. The number of nitrogens with zero attached hydrogens (tertiary/aromatic N) is 2. The number of carbonyl (C=O) groups excluding carboxylic acids is 1. The summed E-state index contributed by atoms with van der Waals surface area (Å²) in [7, 11) is -3.04. The molecule has 8 heteroatoms. The zero-order valence-corrected chi connectivity index (χ0v) is 15.6. The van der Waals surface area contributed by atoms with Crippen molar-refractivity contribution in [2.45, 2.75) is 32.9 Å². The Bertz CT molecular complexity index is 928. The van der Waals surface area contributed by atoms with E-state index in [-0.39, 0.29) is 29.1 Å². The van der Waals surface area contributed by atoms with Crippen molar-refractivity contribution in [3.63, 3.8) is 0 Å². The average molecular weight is 374 g/mol. The fraction of sp³-hybridized carbons (Fsp3) is 0.389. The summed E-state index contributed by atoms with van der Waals surface area (Å²) in [4.78, 5) is 21.0. The number of rotatable bonds is 5. The maximum Gasteiger partial charge on any atom is 0.270 e. The van der Waals surface area contributed by atoms with Crippen molar-refractivity contribution in [3.8, 4) is 0 Å². The Kier molecular flexibility index (Phi) is 5.22. The van der Waals surface area contributed by atoms with Crippen molar-refractivity contribution in [1.82, 2.24) is 15.3 Å². The van der Waals surface area contributed by atoms with Crippen LogP contribution in [-0.4, -0.2) is 41.8 Å². The van der Waals surface area contributed by atoms with Gasteiger partial charge in [0.2, 0.25) is 5.95 Å². The van der Waals surface area contributed by atoms with E-state index in [4.69, 9.17) is 0 Å². The van der Waals surface area contributed by atoms with E-state index in [2.05, 4.69) is 20.6 Å². The lowest BCUT2D eigenvalue weighted by molar-refractivity contribution is 0.0936. The molecule has 1 amide bonds. The van der Waals surface area contributed by atoms with Crippen LogP contribution in [0.5, 0.6) is 0 Å². The second kappa shape index (κ2) is 7.41. The van der Waals surface area contributed by atoms with E-state index in [9.17, 15) is 13.2 Å². The van der Waals surface area contributed by atoms with Gasteiger partial charge in [0.1, 0.15) is 5.69 Å². The molecule has 1 aliphatic heterocycles. The molecule has 1 aromatic heterocycles. The van der Waals surface area contributed by atoms with Crippen LogP contribution in [0.3, 0.4) is 0 Å².